The Kier molecular flexibility index (Phi) is 6.07. The van der Waals surface area contributed by atoms with Gasteiger partial charge in [-0.3, -0.25) is 10.1 Å². The summed E-state index contributed by atoms with van der Waals surface area (Å²) in [6.07, 6.45) is 1.39. The zero-order valence-corrected chi connectivity index (χ0v) is 16.7. The van der Waals surface area contributed by atoms with E-state index in [-0.39, 0.29) is 5.02 Å². The van der Waals surface area contributed by atoms with Crippen LogP contribution in [0.15, 0.2) is 47.4 Å². The van der Waals surface area contributed by atoms with Gasteiger partial charge in [0.2, 0.25) is 10.0 Å². The number of ether oxygens (including phenoxy) is 1. The van der Waals surface area contributed by atoms with Crippen LogP contribution in [0, 0.1) is 10.1 Å². The molecule has 0 saturated carbocycles. The van der Waals surface area contributed by atoms with Gasteiger partial charge in [0.15, 0.2) is 4.90 Å². The van der Waals surface area contributed by atoms with Crippen molar-refractivity contribution in [3.8, 4) is 5.75 Å². The summed E-state index contributed by atoms with van der Waals surface area (Å²) in [5.41, 5.74) is 0.372. The number of nitro groups is 1. The number of methoxy groups -OCH3 is 1. The summed E-state index contributed by atoms with van der Waals surface area (Å²) in [6.45, 7) is 1.18. The molecule has 0 amide bonds. The number of anilines is 1. The average Bonchev–Trinajstić information content (AvgIpc) is 2.67. The van der Waals surface area contributed by atoms with Crippen LogP contribution in [0.4, 0.5) is 11.4 Å². The van der Waals surface area contributed by atoms with Crippen LogP contribution in [0.2, 0.25) is 5.02 Å². The molecule has 1 aliphatic heterocycles. The molecule has 0 radical (unpaired) electrons. The van der Waals surface area contributed by atoms with E-state index in [9.17, 15) is 18.5 Å². The largest absolute Gasteiger partial charge is 0.495 e. The zero-order valence-electron chi connectivity index (χ0n) is 15.2. The van der Waals surface area contributed by atoms with E-state index in [0.29, 0.717) is 18.7 Å². The summed E-state index contributed by atoms with van der Waals surface area (Å²) < 4.78 is 33.6. The first kappa shape index (κ1) is 20.4. The molecule has 1 fully saturated rings. The number of hydrogen-bond donors (Lipinski definition) is 1. The van der Waals surface area contributed by atoms with E-state index in [1.54, 1.807) is 7.11 Å². The van der Waals surface area contributed by atoms with Gasteiger partial charge in [0.1, 0.15) is 5.75 Å². The fourth-order valence-corrected chi connectivity index (χ4v) is 5.02. The second kappa shape index (κ2) is 8.34. The fourth-order valence-electron chi connectivity index (χ4n) is 3.32. The van der Waals surface area contributed by atoms with Crippen molar-refractivity contribution in [2.75, 3.05) is 25.1 Å². The van der Waals surface area contributed by atoms with Crippen LogP contribution in [0.3, 0.4) is 0 Å². The summed E-state index contributed by atoms with van der Waals surface area (Å²) >= 11 is 5.87. The second-order valence-corrected chi connectivity index (χ2v) is 8.57. The monoisotopic (exact) mass is 425 g/mol. The molecule has 2 aromatic rings. The van der Waals surface area contributed by atoms with E-state index in [0.717, 1.165) is 30.8 Å². The quantitative estimate of drug-likeness (QED) is 0.563. The molecule has 3 rings (SSSR count). The van der Waals surface area contributed by atoms with Crippen molar-refractivity contribution >= 4 is 33.0 Å². The highest BCUT2D eigenvalue weighted by atomic mass is 35.5. The van der Waals surface area contributed by atoms with E-state index in [2.05, 4.69) is 4.72 Å². The third-order valence-corrected chi connectivity index (χ3v) is 6.36. The topological polar surface area (TPSA) is 102 Å². The minimum absolute atomic E-state index is 0.116. The lowest BCUT2D eigenvalue weighted by atomic mass is 10.1. The molecule has 1 N–H and O–H groups in total. The lowest BCUT2D eigenvalue weighted by Crippen LogP contribution is -2.47. The van der Waals surface area contributed by atoms with Crippen molar-refractivity contribution in [3.63, 3.8) is 0 Å². The molecule has 0 bridgehead atoms. The fraction of sp³-hybridized carbons (Fsp3) is 0.333. The first-order chi connectivity index (χ1) is 13.3. The Balaban J connectivity index is 1.83. The highest BCUT2D eigenvalue weighted by Crippen LogP contribution is 2.31. The van der Waals surface area contributed by atoms with Gasteiger partial charge in [-0.05, 0) is 37.1 Å². The first-order valence-corrected chi connectivity index (χ1v) is 10.5. The van der Waals surface area contributed by atoms with E-state index >= 15 is 0 Å². The van der Waals surface area contributed by atoms with Crippen molar-refractivity contribution in [2.24, 2.45) is 0 Å². The van der Waals surface area contributed by atoms with E-state index in [1.807, 2.05) is 29.2 Å². The molecular formula is C18H20ClN3O5S. The second-order valence-electron chi connectivity index (χ2n) is 6.45. The number of nitrogens with zero attached hydrogens (tertiary/aromatic N) is 2. The van der Waals surface area contributed by atoms with Crippen LogP contribution >= 0.6 is 11.6 Å². The number of piperidine rings is 1. The number of halogens is 1. The van der Waals surface area contributed by atoms with Gasteiger partial charge in [0.25, 0.3) is 5.69 Å². The van der Waals surface area contributed by atoms with Gasteiger partial charge in [-0.25, -0.2) is 13.1 Å². The molecule has 1 atom stereocenters. The van der Waals surface area contributed by atoms with Crippen LogP contribution in [0.1, 0.15) is 12.8 Å². The van der Waals surface area contributed by atoms with Crippen molar-refractivity contribution in [1.29, 1.82) is 0 Å². The lowest BCUT2D eigenvalue weighted by Gasteiger charge is -2.35. The molecule has 1 aliphatic rings. The first-order valence-electron chi connectivity index (χ1n) is 8.66. The molecule has 0 aliphatic carbocycles. The van der Waals surface area contributed by atoms with Crippen molar-refractivity contribution in [2.45, 2.75) is 23.8 Å². The Morgan fingerprint density at radius 3 is 2.75 bits per heavy atom. The van der Waals surface area contributed by atoms with E-state index in [4.69, 9.17) is 16.3 Å². The van der Waals surface area contributed by atoms with Gasteiger partial charge < -0.3 is 9.64 Å². The Morgan fingerprint density at radius 2 is 2.04 bits per heavy atom. The van der Waals surface area contributed by atoms with Gasteiger partial charge in [-0.2, -0.15) is 0 Å². The third-order valence-electron chi connectivity index (χ3n) is 4.58. The molecule has 0 spiro atoms. The molecule has 1 heterocycles. The minimum Gasteiger partial charge on any atom is -0.495 e. The smallest absolute Gasteiger partial charge is 0.289 e. The number of benzene rings is 2. The molecule has 8 nitrogen and oxygen atoms in total. The normalized spacial score (nSPS) is 17.4. The van der Waals surface area contributed by atoms with Crippen molar-refractivity contribution in [1.82, 2.24) is 4.72 Å². The van der Waals surface area contributed by atoms with E-state index < -0.39 is 31.6 Å². The Hall–Kier alpha value is -2.36. The van der Waals surface area contributed by atoms with Crippen LogP contribution in [-0.2, 0) is 10.0 Å². The Bertz CT molecular complexity index is 983. The van der Waals surface area contributed by atoms with Crippen LogP contribution in [0.25, 0.3) is 0 Å². The van der Waals surface area contributed by atoms with Crippen molar-refractivity contribution in [3.05, 3.63) is 57.6 Å². The molecule has 1 unspecified atom stereocenters. The maximum Gasteiger partial charge on any atom is 0.289 e. The molecule has 150 valence electrons. The molecule has 2 aromatic carbocycles. The minimum atomic E-state index is -4.11. The third kappa shape index (κ3) is 4.37. The standard InChI is InChI=1S/C18H20ClN3O5S/c1-27-17-7-3-2-6-15(17)21-10-4-5-14(12-21)20-28(25,26)18-11-13(19)8-9-16(18)22(23)24/h2-3,6-9,11,14,20H,4-5,10,12H2,1H3. The number of rotatable bonds is 6. The number of para-hydroxylation sites is 2. The molecule has 0 aromatic heterocycles. The number of hydrogen-bond acceptors (Lipinski definition) is 6. The summed E-state index contributed by atoms with van der Waals surface area (Å²) in [7, 11) is -2.53. The zero-order chi connectivity index (χ0) is 20.3. The maximum absolute atomic E-state index is 12.8. The summed E-state index contributed by atoms with van der Waals surface area (Å²) in [5, 5.41) is 11.3. The van der Waals surface area contributed by atoms with Gasteiger partial charge in [0, 0.05) is 30.2 Å². The summed E-state index contributed by atoms with van der Waals surface area (Å²) in [6, 6.07) is 10.6. The SMILES string of the molecule is COc1ccccc1N1CCCC(NS(=O)(=O)c2cc(Cl)ccc2[N+](=O)[O-])C1. The maximum atomic E-state index is 12.8. The lowest BCUT2D eigenvalue weighted by molar-refractivity contribution is -0.387. The number of sulfonamides is 1. The van der Waals surface area contributed by atoms with Crippen LogP contribution in [-0.4, -0.2) is 39.6 Å². The highest BCUT2D eigenvalue weighted by molar-refractivity contribution is 7.89. The van der Waals surface area contributed by atoms with Gasteiger partial charge in [0.05, 0.1) is 17.7 Å². The predicted molar refractivity (Wildman–Crippen MR) is 107 cm³/mol. The summed E-state index contributed by atoms with van der Waals surface area (Å²) in [5.74, 6) is 0.705. The highest BCUT2D eigenvalue weighted by Gasteiger charge is 2.31. The summed E-state index contributed by atoms with van der Waals surface area (Å²) in [4.78, 5) is 12.1. The molecule has 10 heteroatoms. The van der Waals surface area contributed by atoms with Gasteiger partial charge in [-0.15, -0.1) is 0 Å². The number of nitro benzene ring substituents is 1. The molecular weight excluding hydrogens is 406 g/mol. The van der Waals surface area contributed by atoms with Crippen LogP contribution < -0.4 is 14.4 Å². The Morgan fingerprint density at radius 1 is 1.29 bits per heavy atom. The number of nitrogens with one attached hydrogen (secondary N) is 1. The van der Waals surface area contributed by atoms with E-state index in [1.165, 1.54) is 6.07 Å². The Labute approximate surface area is 168 Å². The average molecular weight is 426 g/mol. The van der Waals surface area contributed by atoms with Gasteiger partial charge in [-0.1, -0.05) is 23.7 Å². The predicted octanol–water partition coefficient (Wildman–Crippen LogP) is 3.20. The molecule has 28 heavy (non-hydrogen) atoms. The molecule has 1 saturated heterocycles. The van der Waals surface area contributed by atoms with Crippen molar-refractivity contribution < 1.29 is 18.1 Å². The van der Waals surface area contributed by atoms with Gasteiger partial charge >= 0.3 is 0 Å². The van der Waals surface area contributed by atoms with Crippen LogP contribution in [0.5, 0.6) is 5.75 Å².